The van der Waals surface area contributed by atoms with Gasteiger partial charge in [-0.3, -0.25) is 14.6 Å². The van der Waals surface area contributed by atoms with Crippen LogP contribution in [0.5, 0.6) is 17.2 Å². The van der Waals surface area contributed by atoms with E-state index in [2.05, 4.69) is 9.88 Å². The van der Waals surface area contributed by atoms with Crippen LogP contribution in [-0.4, -0.2) is 80.8 Å². The highest BCUT2D eigenvalue weighted by atomic mass is 35.5. The molecule has 2 aromatic carbocycles. The number of primary amides is 1. The molecule has 0 saturated carbocycles. The first-order valence-corrected chi connectivity index (χ1v) is 15.0. The zero-order valence-corrected chi connectivity index (χ0v) is 26.5. The summed E-state index contributed by atoms with van der Waals surface area (Å²) >= 11 is 12.7. The number of rotatable bonds is 10. The molecule has 3 aromatic rings. The quantitative estimate of drug-likeness (QED) is 0.340. The Balaban J connectivity index is 1.36. The number of ether oxygens (including phenoxy) is 4. The average Bonchev–Trinajstić information content (AvgIpc) is 3.50. The number of hydrogen-bond acceptors (Lipinski definition) is 8. The van der Waals surface area contributed by atoms with Crippen LogP contribution in [0.4, 0.5) is 0 Å². The van der Waals surface area contributed by atoms with E-state index in [0.29, 0.717) is 77.4 Å². The topological polar surface area (TPSA) is 116 Å². The van der Waals surface area contributed by atoms with Crippen molar-refractivity contribution in [1.82, 2.24) is 14.8 Å². The fourth-order valence-corrected chi connectivity index (χ4v) is 6.44. The molecule has 2 aliphatic rings. The van der Waals surface area contributed by atoms with E-state index < -0.39 is 11.0 Å². The fourth-order valence-electron chi connectivity index (χ4n) is 6.14. The molecule has 2 N–H and O–H groups in total. The Hall–Kier alpha value is -3.57. The second-order valence-corrected chi connectivity index (χ2v) is 11.9. The van der Waals surface area contributed by atoms with E-state index in [1.54, 1.807) is 35.4 Å². The van der Waals surface area contributed by atoms with E-state index >= 15 is 0 Å². The van der Waals surface area contributed by atoms with Crippen LogP contribution in [0.1, 0.15) is 40.9 Å². The molecule has 234 valence electrons. The van der Waals surface area contributed by atoms with Crippen LogP contribution in [0.3, 0.4) is 0 Å². The van der Waals surface area contributed by atoms with Gasteiger partial charge < -0.3 is 34.5 Å². The van der Waals surface area contributed by atoms with Crippen molar-refractivity contribution in [3.8, 4) is 17.2 Å². The number of benzene rings is 2. The summed E-state index contributed by atoms with van der Waals surface area (Å²) < 4.78 is 22.8. The molecule has 0 unspecified atom stereocenters. The average molecular weight is 644 g/mol. The fraction of sp³-hybridized carbons (Fsp3) is 0.406. The van der Waals surface area contributed by atoms with Gasteiger partial charge in [0.1, 0.15) is 12.3 Å². The second kappa shape index (κ2) is 13.2. The highest BCUT2D eigenvalue weighted by molar-refractivity contribution is 6.42. The molecule has 5 rings (SSSR count). The minimum absolute atomic E-state index is 0.0696. The van der Waals surface area contributed by atoms with Crippen molar-refractivity contribution < 1.29 is 28.5 Å². The monoisotopic (exact) mass is 642 g/mol. The van der Waals surface area contributed by atoms with Crippen molar-refractivity contribution in [2.75, 3.05) is 54.2 Å². The Morgan fingerprint density at radius 3 is 2.25 bits per heavy atom. The molecule has 3 heterocycles. The van der Waals surface area contributed by atoms with Gasteiger partial charge >= 0.3 is 0 Å². The number of pyridine rings is 1. The van der Waals surface area contributed by atoms with Crippen LogP contribution < -0.4 is 19.9 Å². The molecule has 2 aliphatic heterocycles. The van der Waals surface area contributed by atoms with Crippen LogP contribution in [0, 0.1) is 0 Å². The molecule has 0 bridgehead atoms. The molecular formula is C32H36Cl2N4O6. The lowest BCUT2D eigenvalue weighted by molar-refractivity contribution is -0.125. The number of piperidine rings is 1. The van der Waals surface area contributed by atoms with Crippen molar-refractivity contribution in [1.29, 1.82) is 0 Å². The van der Waals surface area contributed by atoms with Gasteiger partial charge in [-0.2, -0.15) is 0 Å². The minimum atomic E-state index is -0.844. The summed E-state index contributed by atoms with van der Waals surface area (Å²) in [7, 11) is 4.52. The number of hydrogen-bond donors (Lipinski definition) is 1. The van der Waals surface area contributed by atoms with Crippen LogP contribution >= 0.6 is 23.2 Å². The first-order chi connectivity index (χ1) is 21.2. The number of likely N-dealkylation sites (tertiary alicyclic amines) is 1. The Labute approximate surface area is 266 Å². The molecule has 1 aromatic heterocycles. The van der Waals surface area contributed by atoms with Gasteiger partial charge in [0.05, 0.1) is 49.0 Å². The Kier molecular flexibility index (Phi) is 9.55. The maximum Gasteiger partial charge on any atom is 0.256 e. The summed E-state index contributed by atoms with van der Waals surface area (Å²) in [6.45, 7) is 2.33. The van der Waals surface area contributed by atoms with Gasteiger partial charge in [0.25, 0.3) is 5.91 Å². The van der Waals surface area contributed by atoms with E-state index in [-0.39, 0.29) is 25.1 Å². The Morgan fingerprint density at radius 2 is 1.68 bits per heavy atom. The van der Waals surface area contributed by atoms with Crippen LogP contribution in [0.15, 0.2) is 54.7 Å². The van der Waals surface area contributed by atoms with Gasteiger partial charge in [-0.1, -0.05) is 35.3 Å². The van der Waals surface area contributed by atoms with E-state index in [9.17, 15) is 9.59 Å². The summed E-state index contributed by atoms with van der Waals surface area (Å²) in [6.07, 6.45) is 3.38. The normalized spacial score (nSPS) is 19.9. The molecule has 0 radical (unpaired) electrons. The van der Waals surface area contributed by atoms with Gasteiger partial charge in [-0.15, -0.1) is 0 Å². The van der Waals surface area contributed by atoms with Gasteiger partial charge in [0.2, 0.25) is 11.7 Å². The summed E-state index contributed by atoms with van der Waals surface area (Å²) in [5, 5.41) is 0.836. The molecule has 2 amide bonds. The van der Waals surface area contributed by atoms with Gasteiger partial charge in [-0.25, -0.2) is 0 Å². The zero-order valence-electron chi connectivity index (χ0n) is 25.0. The predicted molar refractivity (Wildman–Crippen MR) is 167 cm³/mol. The molecule has 10 nitrogen and oxygen atoms in total. The van der Waals surface area contributed by atoms with E-state index in [1.165, 1.54) is 21.3 Å². The molecule has 44 heavy (non-hydrogen) atoms. The molecule has 1 atom stereocenters. The Morgan fingerprint density at radius 1 is 0.977 bits per heavy atom. The second-order valence-electron chi connectivity index (χ2n) is 11.1. The minimum Gasteiger partial charge on any atom is -0.493 e. The summed E-state index contributed by atoms with van der Waals surface area (Å²) in [4.78, 5) is 34.8. The van der Waals surface area contributed by atoms with Gasteiger partial charge in [0, 0.05) is 18.3 Å². The molecule has 2 saturated heterocycles. The lowest BCUT2D eigenvalue weighted by Crippen LogP contribution is -2.51. The number of nitrogens with two attached hydrogens (primary N) is 1. The maximum absolute atomic E-state index is 13.8. The highest BCUT2D eigenvalue weighted by Crippen LogP contribution is 2.42. The van der Waals surface area contributed by atoms with Crippen LogP contribution in [0.25, 0.3) is 0 Å². The summed E-state index contributed by atoms with van der Waals surface area (Å²) in [5.41, 5.74) is 6.18. The number of aromatic nitrogens is 1. The third-order valence-corrected chi connectivity index (χ3v) is 9.49. The van der Waals surface area contributed by atoms with Gasteiger partial charge in [0.15, 0.2) is 11.5 Å². The first kappa shape index (κ1) is 31.8. The zero-order chi connectivity index (χ0) is 31.5. The predicted octanol–water partition coefficient (Wildman–Crippen LogP) is 4.65. The number of carbonyl (C=O) groups is 2. The lowest BCUT2D eigenvalue weighted by Gasteiger charge is -2.40. The number of nitrogens with zero attached hydrogens (tertiary/aromatic N) is 3. The number of carbonyl (C=O) groups excluding carboxylic acids is 2. The van der Waals surface area contributed by atoms with Crippen LogP contribution in [-0.2, 0) is 20.5 Å². The molecule has 0 aliphatic carbocycles. The third kappa shape index (κ3) is 6.04. The molecular weight excluding hydrogens is 607 g/mol. The third-order valence-electron chi connectivity index (χ3n) is 8.76. The van der Waals surface area contributed by atoms with Crippen molar-refractivity contribution in [2.24, 2.45) is 5.73 Å². The lowest BCUT2D eigenvalue weighted by atomic mass is 9.74. The SMILES string of the molecule is COc1cc(C(=O)N2CO[C@](CCN3CCC(C(N)=O)(c4ccccn4)CC3)(c3ccc(Cl)c(Cl)c3)C2)cc(OC)c1OC. The van der Waals surface area contributed by atoms with E-state index in [0.717, 1.165) is 5.56 Å². The van der Waals surface area contributed by atoms with Crippen molar-refractivity contribution in [2.45, 2.75) is 30.3 Å². The smallest absolute Gasteiger partial charge is 0.256 e. The number of methoxy groups -OCH3 is 3. The first-order valence-electron chi connectivity index (χ1n) is 14.3. The molecule has 0 spiro atoms. The van der Waals surface area contributed by atoms with Crippen molar-refractivity contribution >= 4 is 35.0 Å². The number of halogens is 2. The summed E-state index contributed by atoms with van der Waals surface area (Å²) in [6, 6.07) is 14.3. The molecule has 12 heteroatoms. The largest absolute Gasteiger partial charge is 0.493 e. The van der Waals surface area contributed by atoms with Crippen LogP contribution in [0.2, 0.25) is 10.0 Å². The van der Waals surface area contributed by atoms with Crippen molar-refractivity contribution in [3.05, 3.63) is 81.6 Å². The maximum atomic E-state index is 13.8. The number of amides is 2. The summed E-state index contributed by atoms with van der Waals surface area (Å²) in [5.74, 6) is 0.566. The highest BCUT2D eigenvalue weighted by Gasteiger charge is 2.46. The standard InChI is InChI=1S/C32H36Cl2N4O6/c1-41-25-16-21(17-26(42-2)28(25)43-3)29(39)38-19-32(44-20-38,22-7-8-23(33)24(34)18-22)11-15-37-13-9-31(10-14-37,30(35)40)27-6-4-5-12-36-27/h4-8,12,16-18H,9-11,13-15,19-20H2,1-3H3,(H2,35,40)/t32-/m0/s1. The van der Waals surface area contributed by atoms with Crippen molar-refractivity contribution in [3.63, 3.8) is 0 Å². The molecule has 2 fully saturated rings. The van der Waals surface area contributed by atoms with Gasteiger partial charge in [-0.05, 0) is 74.3 Å². The van der Waals surface area contributed by atoms with E-state index in [1.807, 2.05) is 24.3 Å². The Bertz CT molecular complexity index is 1490. The van der Waals surface area contributed by atoms with E-state index in [4.69, 9.17) is 47.9 Å².